The van der Waals surface area contributed by atoms with Crippen LogP contribution in [-0.2, 0) is 11.3 Å². The van der Waals surface area contributed by atoms with Crippen LogP contribution in [0.15, 0.2) is 24.3 Å². The van der Waals surface area contributed by atoms with E-state index in [1.165, 1.54) is 5.56 Å². The molecule has 1 fully saturated rings. The van der Waals surface area contributed by atoms with Gasteiger partial charge >= 0.3 is 0 Å². The Hall–Kier alpha value is -1.10. The molecule has 0 radical (unpaired) electrons. The van der Waals surface area contributed by atoms with Crippen LogP contribution in [0.1, 0.15) is 12.0 Å². The van der Waals surface area contributed by atoms with Crippen LogP contribution in [0.5, 0.6) is 5.75 Å². The van der Waals surface area contributed by atoms with E-state index < -0.39 is 0 Å². The molecule has 1 aromatic carbocycles. The molecule has 1 aliphatic heterocycles. The fourth-order valence-electron chi connectivity index (χ4n) is 2.47. The molecule has 1 aliphatic rings. The van der Waals surface area contributed by atoms with Gasteiger partial charge < -0.3 is 20.1 Å². The minimum absolute atomic E-state index is 0.198. The number of hydrogen-bond acceptors (Lipinski definition) is 4. The Balaban J connectivity index is 1.96. The number of para-hydroxylation sites is 1. The van der Waals surface area contributed by atoms with E-state index in [-0.39, 0.29) is 5.54 Å². The van der Waals surface area contributed by atoms with Gasteiger partial charge in [-0.3, -0.25) is 0 Å². The lowest BCUT2D eigenvalue weighted by atomic mass is 9.99. The van der Waals surface area contributed by atoms with Crippen molar-refractivity contribution in [2.75, 3.05) is 33.9 Å². The van der Waals surface area contributed by atoms with Gasteiger partial charge in [-0.05, 0) is 19.5 Å². The van der Waals surface area contributed by atoms with Gasteiger partial charge in [0.05, 0.1) is 19.3 Å². The lowest BCUT2D eigenvalue weighted by molar-refractivity contribution is 0.159. The summed E-state index contributed by atoms with van der Waals surface area (Å²) in [4.78, 5) is 2.23. The maximum absolute atomic E-state index is 6.29. The first-order valence-electron chi connectivity index (χ1n) is 6.30. The molecule has 18 heavy (non-hydrogen) atoms. The molecule has 4 nitrogen and oxygen atoms in total. The highest BCUT2D eigenvalue weighted by atomic mass is 16.5. The molecule has 1 atom stereocenters. The summed E-state index contributed by atoms with van der Waals surface area (Å²) in [6, 6.07) is 8.09. The van der Waals surface area contributed by atoms with Crippen molar-refractivity contribution in [2.24, 2.45) is 5.73 Å². The zero-order valence-corrected chi connectivity index (χ0v) is 11.2. The summed E-state index contributed by atoms with van der Waals surface area (Å²) < 4.78 is 10.7. The molecular weight excluding hydrogens is 228 g/mol. The van der Waals surface area contributed by atoms with Gasteiger partial charge in [-0.2, -0.15) is 0 Å². The predicted molar refractivity (Wildman–Crippen MR) is 71.7 cm³/mol. The molecule has 0 aromatic heterocycles. The number of nitrogens with zero attached hydrogens (tertiary/aromatic N) is 1. The summed E-state index contributed by atoms with van der Waals surface area (Å²) in [5, 5.41) is 0. The number of nitrogens with two attached hydrogens (primary N) is 1. The Morgan fingerprint density at radius 1 is 1.44 bits per heavy atom. The summed E-state index contributed by atoms with van der Waals surface area (Å²) in [5.41, 5.74) is 7.27. The van der Waals surface area contributed by atoms with Crippen molar-refractivity contribution in [1.82, 2.24) is 4.90 Å². The van der Waals surface area contributed by atoms with Crippen LogP contribution in [0.3, 0.4) is 0 Å². The maximum atomic E-state index is 6.29. The molecule has 1 heterocycles. The topological polar surface area (TPSA) is 47.7 Å². The molecule has 1 saturated heterocycles. The first-order valence-corrected chi connectivity index (χ1v) is 6.30. The first-order chi connectivity index (χ1) is 8.63. The Labute approximate surface area is 109 Å². The Kier molecular flexibility index (Phi) is 4.22. The second-order valence-corrected chi connectivity index (χ2v) is 5.15. The Morgan fingerprint density at radius 3 is 2.89 bits per heavy atom. The first kappa shape index (κ1) is 13.3. The normalized spacial score (nSPS) is 23.6. The van der Waals surface area contributed by atoms with Crippen LogP contribution in [0.4, 0.5) is 0 Å². The summed E-state index contributed by atoms with van der Waals surface area (Å²) in [7, 11) is 3.79. The number of hydrogen-bond donors (Lipinski definition) is 1. The van der Waals surface area contributed by atoms with Crippen molar-refractivity contribution < 1.29 is 9.47 Å². The van der Waals surface area contributed by atoms with E-state index in [1.54, 1.807) is 7.11 Å². The molecule has 100 valence electrons. The number of likely N-dealkylation sites (N-methyl/N-ethyl adjacent to an activating group) is 1. The largest absolute Gasteiger partial charge is 0.496 e. The van der Waals surface area contributed by atoms with Crippen LogP contribution in [-0.4, -0.2) is 44.4 Å². The zero-order valence-electron chi connectivity index (χ0n) is 11.2. The van der Waals surface area contributed by atoms with Crippen LogP contribution in [0.2, 0.25) is 0 Å². The number of benzene rings is 1. The Morgan fingerprint density at radius 2 is 2.22 bits per heavy atom. The second kappa shape index (κ2) is 5.69. The van der Waals surface area contributed by atoms with E-state index in [1.807, 2.05) is 18.2 Å². The van der Waals surface area contributed by atoms with Crippen molar-refractivity contribution in [3.8, 4) is 5.75 Å². The fraction of sp³-hybridized carbons (Fsp3) is 0.571. The van der Waals surface area contributed by atoms with Crippen LogP contribution in [0, 0.1) is 0 Å². The lowest BCUT2D eigenvalue weighted by Crippen LogP contribution is -2.49. The molecular formula is C14H22N2O2. The number of methoxy groups -OCH3 is 1. The molecule has 0 spiro atoms. The lowest BCUT2D eigenvalue weighted by Gasteiger charge is -2.28. The molecule has 2 N–H and O–H groups in total. The highest BCUT2D eigenvalue weighted by Crippen LogP contribution is 2.21. The fourth-order valence-corrected chi connectivity index (χ4v) is 2.47. The van der Waals surface area contributed by atoms with E-state index in [0.717, 1.165) is 31.9 Å². The average Bonchev–Trinajstić information content (AvgIpc) is 2.76. The third-order valence-corrected chi connectivity index (χ3v) is 3.35. The molecule has 0 amide bonds. The molecule has 0 aliphatic carbocycles. The van der Waals surface area contributed by atoms with Gasteiger partial charge in [0.1, 0.15) is 5.75 Å². The molecule has 0 saturated carbocycles. The standard InChI is InChI=1S/C14H22N2O2/c1-16(10-14(15)7-8-18-11-14)9-12-5-3-4-6-13(12)17-2/h3-6H,7-11,15H2,1-2H3. The zero-order chi connectivity index (χ0) is 13.0. The van der Waals surface area contributed by atoms with E-state index >= 15 is 0 Å². The Bertz CT molecular complexity index is 389. The minimum Gasteiger partial charge on any atom is -0.496 e. The van der Waals surface area contributed by atoms with E-state index in [4.69, 9.17) is 15.2 Å². The van der Waals surface area contributed by atoms with Gasteiger partial charge in [0.2, 0.25) is 0 Å². The summed E-state index contributed by atoms with van der Waals surface area (Å²) >= 11 is 0. The monoisotopic (exact) mass is 250 g/mol. The average molecular weight is 250 g/mol. The SMILES string of the molecule is COc1ccccc1CN(C)CC1(N)CCOC1. The second-order valence-electron chi connectivity index (χ2n) is 5.15. The third-order valence-electron chi connectivity index (χ3n) is 3.35. The van der Waals surface area contributed by atoms with Crippen molar-refractivity contribution in [1.29, 1.82) is 0 Å². The van der Waals surface area contributed by atoms with Gasteiger partial charge in [0.25, 0.3) is 0 Å². The summed E-state index contributed by atoms with van der Waals surface area (Å²) in [6.45, 7) is 3.11. The van der Waals surface area contributed by atoms with Gasteiger partial charge in [0, 0.05) is 25.3 Å². The molecule has 1 unspecified atom stereocenters. The maximum Gasteiger partial charge on any atom is 0.123 e. The van der Waals surface area contributed by atoms with E-state index in [9.17, 15) is 0 Å². The van der Waals surface area contributed by atoms with Crippen LogP contribution < -0.4 is 10.5 Å². The highest BCUT2D eigenvalue weighted by molar-refractivity contribution is 5.33. The van der Waals surface area contributed by atoms with Crippen molar-refractivity contribution in [2.45, 2.75) is 18.5 Å². The van der Waals surface area contributed by atoms with Gasteiger partial charge in [0.15, 0.2) is 0 Å². The van der Waals surface area contributed by atoms with E-state index in [0.29, 0.717) is 6.61 Å². The third kappa shape index (κ3) is 3.22. The van der Waals surface area contributed by atoms with E-state index in [2.05, 4.69) is 18.0 Å². The van der Waals surface area contributed by atoms with Crippen LogP contribution >= 0.6 is 0 Å². The van der Waals surface area contributed by atoms with Crippen molar-refractivity contribution in [3.63, 3.8) is 0 Å². The van der Waals surface area contributed by atoms with Gasteiger partial charge in [-0.25, -0.2) is 0 Å². The predicted octanol–water partition coefficient (Wildman–Crippen LogP) is 1.24. The minimum atomic E-state index is -0.198. The van der Waals surface area contributed by atoms with Gasteiger partial charge in [-0.15, -0.1) is 0 Å². The number of rotatable bonds is 5. The van der Waals surface area contributed by atoms with Crippen LogP contribution in [0.25, 0.3) is 0 Å². The van der Waals surface area contributed by atoms with Crippen molar-refractivity contribution >= 4 is 0 Å². The quantitative estimate of drug-likeness (QED) is 0.854. The molecule has 2 rings (SSSR count). The molecule has 0 bridgehead atoms. The highest BCUT2D eigenvalue weighted by Gasteiger charge is 2.31. The molecule has 1 aromatic rings. The smallest absolute Gasteiger partial charge is 0.123 e. The summed E-state index contributed by atoms with van der Waals surface area (Å²) in [6.07, 6.45) is 0.934. The van der Waals surface area contributed by atoms with Gasteiger partial charge in [-0.1, -0.05) is 18.2 Å². The summed E-state index contributed by atoms with van der Waals surface area (Å²) in [5.74, 6) is 0.929. The molecule has 4 heteroatoms. The number of ether oxygens (including phenoxy) is 2. The van der Waals surface area contributed by atoms with Crippen molar-refractivity contribution in [3.05, 3.63) is 29.8 Å².